The van der Waals surface area contributed by atoms with Gasteiger partial charge in [0.25, 0.3) is 0 Å². The summed E-state index contributed by atoms with van der Waals surface area (Å²) in [5.74, 6) is -0.0432. The van der Waals surface area contributed by atoms with Gasteiger partial charge in [-0.05, 0) is 38.1 Å². The molecule has 2 rings (SSSR count). The van der Waals surface area contributed by atoms with E-state index in [4.69, 9.17) is 23.2 Å². The number of hydrogen-bond donors (Lipinski definition) is 0. The van der Waals surface area contributed by atoms with Gasteiger partial charge >= 0.3 is 0 Å². The van der Waals surface area contributed by atoms with Crippen LogP contribution in [-0.4, -0.2) is 54.7 Å². The lowest BCUT2D eigenvalue weighted by molar-refractivity contribution is -0.130. The Morgan fingerprint density at radius 3 is 2.48 bits per heavy atom. The van der Waals surface area contributed by atoms with Crippen LogP contribution >= 0.6 is 23.2 Å². The first kappa shape index (κ1) is 16.3. The van der Waals surface area contributed by atoms with Crippen LogP contribution in [-0.2, 0) is 4.79 Å². The molecule has 0 N–H and O–H groups in total. The Balaban J connectivity index is 1.90. The van der Waals surface area contributed by atoms with Crippen molar-refractivity contribution >= 4 is 34.9 Å². The van der Waals surface area contributed by atoms with Crippen LogP contribution in [0.2, 0.25) is 10.0 Å². The molecule has 0 radical (unpaired) electrons. The molecule has 1 amide bonds. The molecule has 6 heteroatoms. The molecule has 0 atom stereocenters. The monoisotopic (exact) mass is 328 g/mol. The Kier molecular flexibility index (Phi) is 5.62. The third kappa shape index (κ3) is 4.43. The van der Waals surface area contributed by atoms with Gasteiger partial charge in [0.15, 0.2) is 5.78 Å². The summed E-state index contributed by atoms with van der Waals surface area (Å²) in [6.07, 6.45) is 2.13. The van der Waals surface area contributed by atoms with Gasteiger partial charge in [-0.25, -0.2) is 0 Å². The SMILES string of the molecule is CN(CC(=O)c1ccc(Cl)cc1Cl)CC(=O)N1CCCC1. The van der Waals surface area contributed by atoms with Gasteiger partial charge in [-0.15, -0.1) is 0 Å². The second-order valence-electron chi connectivity index (χ2n) is 5.31. The Bertz CT molecular complexity index is 542. The maximum Gasteiger partial charge on any atom is 0.236 e. The summed E-state index contributed by atoms with van der Waals surface area (Å²) in [7, 11) is 1.76. The van der Waals surface area contributed by atoms with E-state index in [1.54, 1.807) is 30.1 Å². The van der Waals surface area contributed by atoms with Crippen molar-refractivity contribution in [1.29, 1.82) is 0 Å². The summed E-state index contributed by atoms with van der Waals surface area (Å²) in [5, 5.41) is 0.834. The fourth-order valence-electron chi connectivity index (χ4n) is 2.40. The number of nitrogens with zero attached hydrogens (tertiary/aromatic N) is 2. The second-order valence-corrected chi connectivity index (χ2v) is 6.15. The Labute approximate surface area is 134 Å². The van der Waals surface area contributed by atoms with Gasteiger partial charge < -0.3 is 4.90 Å². The van der Waals surface area contributed by atoms with Crippen LogP contribution in [0.4, 0.5) is 0 Å². The molecule has 21 heavy (non-hydrogen) atoms. The number of likely N-dealkylation sites (N-methyl/N-ethyl adjacent to an activating group) is 1. The van der Waals surface area contributed by atoms with Gasteiger partial charge in [-0.3, -0.25) is 14.5 Å². The Morgan fingerprint density at radius 2 is 1.86 bits per heavy atom. The van der Waals surface area contributed by atoms with E-state index in [0.29, 0.717) is 15.6 Å². The number of hydrogen-bond acceptors (Lipinski definition) is 3. The maximum atomic E-state index is 12.2. The van der Waals surface area contributed by atoms with Crippen molar-refractivity contribution in [3.8, 4) is 0 Å². The van der Waals surface area contributed by atoms with Crippen molar-refractivity contribution < 1.29 is 9.59 Å². The molecule has 0 spiro atoms. The molecule has 4 nitrogen and oxygen atoms in total. The topological polar surface area (TPSA) is 40.6 Å². The summed E-state index contributed by atoms with van der Waals surface area (Å²) >= 11 is 11.8. The zero-order valence-corrected chi connectivity index (χ0v) is 13.5. The number of ketones is 1. The van der Waals surface area contributed by atoms with Crippen LogP contribution in [0.15, 0.2) is 18.2 Å². The first-order chi connectivity index (χ1) is 9.97. The van der Waals surface area contributed by atoms with E-state index in [0.717, 1.165) is 25.9 Å². The minimum absolute atomic E-state index is 0.0741. The van der Waals surface area contributed by atoms with E-state index in [1.165, 1.54) is 0 Å². The van der Waals surface area contributed by atoms with Crippen molar-refractivity contribution in [2.75, 3.05) is 33.2 Å². The molecule has 1 heterocycles. The molecule has 114 valence electrons. The van der Waals surface area contributed by atoms with Gasteiger partial charge in [0, 0.05) is 23.7 Å². The van der Waals surface area contributed by atoms with E-state index in [-0.39, 0.29) is 24.8 Å². The lowest BCUT2D eigenvalue weighted by Gasteiger charge is -2.20. The zero-order valence-electron chi connectivity index (χ0n) is 11.9. The molecular formula is C15H18Cl2N2O2. The number of rotatable bonds is 5. The highest BCUT2D eigenvalue weighted by Gasteiger charge is 2.20. The smallest absolute Gasteiger partial charge is 0.236 e. The minimum Gasteiger partial charge on any atom is -0.342 e. The molecule has 1 aliphatic rings. The van der Waals surface area contributed by atoms with Crippen molar-refractivity contribution in [3.63, 3.8) is 0 Å². The van der Waals surface area contributed by atoms with Crippen molar-refractivity contribution in [2.45, 2.75) is 12.8 Å². The number of carbonyl (C=O) groups excluding carboxylic acids is 2. The molecule has 0 aliphatic carbocycles. The number of Topliss-reactive ketones (excluding diaryl/α,β-unsaturated/α-hetero) is 1. The van der Waals surface area contributed by atoms with Gasteiger partial charge in [0.2, 0.25) is 5.91 Å². The van der Waals surface area contributed by atoms with Gasteiger partial charge in [0.1, 0.15) is 0 Å². The third-order valence-electron chi connectivity index (χ3n) is 3.51. The van der Waals surface area contributed by atoms with Crippen LogP contribution in [0.25, 0.3) is 0 Å². The first-order valence-electron chi connectivity index (χ1n) is 6.92. The minimum atomic E-state index is -0.117. The second kappa shape index (κ2) is 7.25. The average Bonchev–Trinajstić information content (AvgIpc) is 2.91. The van der Waals surface area contributed by atoms with E-state index < -0.39 is 0 Å². The number of carbonyl (C=O) groups is 2. The summed E-state index contributed by atoms with van der Waals surface area (Å²) in [4.78, 5) is 27.8. The molecule has 1 aromatic rings. The van der Waals surface area contributed by atoms with E-state index in [1.807, 2.05) is 4.90 Å². The van der Waals surface area contributed by atoms with Crippen LogP contribution < -0.4 is 0 Å². The predicted molar refractivity (Wildman–Crippen MR) is 84.1 cm³/mol. The van der Waals surface area contributed by atoms with Crippen LogP contribution in [0, 0.1) is 0 Å². The predicted octanol–water partition coefficient (Wildman–Crippen LogP) is 2.73. The molecule has 1 saturated heterocycles. The van der Waals surface area contributed by atoms with Crippen molar-refractivity contribution in [1.82, 2.24) is 9.80 Å². The van der Waals surface area contributed by atoms with Crippen molar-refractivity contribution in [3.05, 3.63) is 33.8 Å². The highest BCUT2D eigenvalue weighted by molar-refractivity contribution is 6.36. The number of halogens is 2. The summed E-state index contributed by atoms with van der Waals surface area (Å²) < 4.78 is 0. The van der Waals surface area contributed by atoms with Gasteiger partial charge in [-0.2, -0.15) is 0 Å². The summed E-state index contributed by atoms with van der Waals surface area (Å²) in [6, 6.07) is 4.80. The van der Waals surface area contributed by atoms with Crippen LogP contribution in [0.3, 0.4) is 0 Å². The lowest BCUT2D eigenvalue weighted by Crippen LogP contribution is -2.39. The molecule has 0 bridgehead atoms. The molecule has 0 aromatic heterocycles. The fourth-order valence-corrected chi connectivity index (χ4v) is 2.91. The standard InChI is InChI=1S/C15H18Cl2N2O2/c1-18(10-15(21)19-6-2-3-7-19)9-14(20)12-5-4-11(16)8-13(12)17/h4-5,8H,2-3,6-7,9-10H2,1H3. The quantitative estimate of drug-likeness (QED) is 0.780. The Hall–Kier alpha value is -1.10. The summed E-state index contributed by atoms with van der Waals surface area (Å²) in [6.45, 7) is 2.05. The molecular weight excluding hydrogens is 311 g/mol. The highest BCUT2D eigenvalue weighted by Crippen LogP contribution is 2.21. The zero-order chi connectivity index (χ0) is 15.4. The van der Waals surface area contributed by atoms with Gasteiger partial charge in [-0.1, -0.05) is 23.2 Å². The summed E-state index contributed by atoms with van der Waals surface area (Å²) in [5.41, 5.74) is 0.432. The largest absolute Gasteiger partial charge is 0.342 e. The molecule has 0 saturated carbocycles. The van der Waals surface area contributed by atoms with Gasteiger partial charge in [0.05, 0.1) is 18.1 Å². The molecule has 1 aliphatic heterocycles. The molecule has 0 unspecified atom stereocenters. The number of amides is 1. The first-order valence-corrected chi connectivity index (χ1v) is 7.67. The third-order valence-corrected chi connectivity index (χ3v) is 4.06. The van der Waals surface area contributed by atoms with Crippen molar-refractivity contribution in [2.24, 2.45) is 0 Å². The highest BCUT2D eigenvalue weighted by atomic mass is 35.5. The number of likely N-dealkylation sites (tertiary alicyclic amines) is 1. The normalized spacial score (nSPS) is 14.8. The fraction of sp³-hybridized carbons (Fsp3) is 0.467. The van der Waals surface area contributed by atoms with E-state index >= 15 is 0 Å². The average molecular weight is 329 g/mol. The maximum absolute atomic E-state index is 12.2. The van der Waals surface area contributed by atoms with E-state index in [9.17, 15) is 9.59 Å². The van der Waals surface area contributed by atoms with Crippen LogP contribution in [0.5, 0.6) is 0 Å². The molecule has 1 fully saturated rings. The lowest BCUT2D eigenvalue weighted by atomic mass is 10.1. The van der Waals surface area contributed by atoms with E-state index in [2.05, 4.69) is 0 Å². The van der Waals surface area contributed by atoms with Crippen LogP contribution in [0.1, 0.15) is 23.2 Å². The Morgan fingerprint density at radius 1 is 1.19 bits per heavy atom. The number of benzene rings is 1. The molecule has 1 aromatic carbocycles.